The number of aliphatic hydroxyl groups is 2. The Kier molecular flexibility index (Phi) is 5.40. The molecule has 1 aromatic heterocycles. The summed E-state index contributed by atoms with van der Waals surface area (Å²) in [7, 11) is 0. The first-order valence-corrected chi connectivity index (χ1v) is 5.72. The SMILES string of the molecule is CCOC(=O)c1cncc(C(O)C(O)CC(N)=O)c1. The van der Waals surface area contributed by atoms with Gasteiger partial charge in [0.25, 0.3) is 0 Å². The molecule has 0 aliphatic rings. The van der Waals surface area contributed by atoms with Crippen molar-refractivity contribution in [3.63, 3.8) is 0 Å². The predicted molar refractivity (Wildman–Crippen MR) is 65.0 cm³/mol. The second-order valence-corrected chi connectivity index (χ2v) is 3.91. The van der Waals surface area contributed by atoms with E-state index in [0.29, 0.717) is 0 Å². The van der Waals surface area contributed by atoms with Gasteiger partial charge in [-0.1, -0.05) is 0 Å². The van der Waals surface area contributed by atoms with Gasteiger partial charge in [0.15, 0.2) is 0 Å². The van der Waals surface area contributed by atoms with Crippen LogP contribution >= 0.6 is 0 Å². The first kappa shape index (κ1) is 15.1. The van der Waals surface area contributed by atoms with Crippen molar-refractivity contribution in [3.8, 4) is 0 Å². The first-order chi connectivity index (χ1) is 8.95. The van der Waals surface area contributed by atoms with E-state index in [-0.39, 0.29) is 24.2 Å². The molecule has 19 heavy (non-hydrogen) atoms. The minimum atomic E-state index is -1.35. The normalized spacial score (nSPS) is 13.6. The molecule has 0 bridgehead atoms. The van der Waals surface area contributed by atoms with Gasteiger partial charge in [0.2, 0.25) is 5.91 Å². The van der Waals surface area contributed by atoms with E-state index >= 15 is 0 Å². The van der Waals surface area contributed by atoms with Crippen LogP contribution in [0.25, 0.3) is 0 Å². The van der Waals surface area contributed by atoms with Gasteiger partial charge in [-0.3, -0.25) is 9.78 Å². The van der Waals surface area contributed by atoms with Gasteiger partial charge in [0.1, 0.15) is 6.10 Å². The molecule has 7 nitrogen and oxygen atoms in total. The number of hydrogen-bond acceptors (Lipinski definition) is 6. The van der Waals surface area contributed by atoms with Crippen LogP contribution in [0, 0.1) is 0 Å². The summed E-state index contributed by atoms with van der Waals surface area (Å²) in [6.45, 7) is 1.89. The summed E-state index contributed by atoms with van der Waals surface area (Å²) in [5, 5.41) is 19.4. The number of hydrogen-bond donors (Lipinski definition) is 3. The van der Waals surface area contributed by atoms with Crippen molar-refractivity contribution < 1.29 is 24.5 Å². The molecule has 4 N–H and O–H groups in total. The number of carbonyl (C=O) groups is 2. The molecule has 1 aromatic rings. The molecule has 1 heterocycles. The van der Waals surface area contributed by atoms with Crippen molar-refractivity contribution in [1.82, 2.24) is 4.98 Å². The molecule has 1 rings (SSSR count). The van der Waals surface area contributed by atoms with E-state index in [9.17, 15) is 19.8 Å². The summed E-state index contributed by atoms with van der Waals surface area (Å²) < 4.78 is 4.79. The van der Waals surface area contributed by atoms with E-state index in [1.165, 1.54) is 18.5 Å². The molecule has 0 radical (unpaired) electrons. The van der Waals surface area contributed by atoms with Crippen molar-refractivity contribution in [3.05, 3.63) is 29.6 Å². The second-order valence-electron chi connectivity index (χ2n) is 3.91. The maximum Gasteiger partial charge on any atom is 0.339 e. The highest BCUT2D eigenvalue weighted by molar-refractivity contribution is 5.89. The van der Waals surface area contributed by atoms with Crippen molar-refractivity contribution in [2.45, 2.75) is 25.6 Å². The van der Waals surface area contributed by atoms with Crippen LogP contribution in [0.1, 0.15) is 35.4 Å². The molecular formula is C12H16N2O5. The molecule has 104 valence electrons. The van der Waals surface area contributed by atoms with Crippen LogP contribution in [0.3, 0.4) is 0 Å². The molecule has 2 unspecified atom stereocenters. The van der Waals surface area contributed by atoms with Gasteiger partial charge in [0.05, 0.1) is 24.7 Å². The fraction of sp³-hybridized carbons (Fsp3) is 0.417. The number of pyridine rings is 1. The first-order valence-electron chi connectivity index (χ1n) is 5.72. The van der Waals surface area contributed by atoms with Crippen LogP contribution in [-0.4, -0.2) is 39.8 Å². The summed E-state index contributed by atoms with van der Waals surface area (Å²) >= 11 is 0. The molecule has 1 amide bonds. The molecule has 0 aliphatic carbocycles. The zero-order valence-electron chi connectivity index (χ0n) is 10.4. The van der Waals surface area contributed by atoms with Gasteiger partial charge in [-0.15, -0.1) is 0 Å². The highest BCUT2D eigenvalue weighted by Gasteiger charge is 2.21. The molecule has 2 atom stereocenters. The molecule has 0 fully saturated rings. The molecule has 0 aromatic carbocycles. The highest BCUT2D eigenvalue weighted by Crippen LogP contribution is 2.19. The third kappa shape index (κ3) is 4.31. The van der Waals surface area contributed by atoms with E-state index in [2.05, 4.69) is 4.98 Å². The molecule has 0 spiro atoms. The molecule has 0 saturated carbocycles. The Labute approximate surface area is 110 Å². The number of aliphatic hydroxyl groups excluding tert-OH is 2. The maximum atomic E-state index is 11.5. The van der Waals surface area contributed by atoms with Crippen LogP contribution in [0.5, 0.6) is 0 Å². The average molecular weight is 268 g/mol. The summed E-state index contributed by atoms with van der Waals surface area (Å²) in [4.78, 5) is 25.9. The van der Waals surface area contributed by atoms with Gasteiger partial charge in [-0.25, -0.2) is 4.79 Å². The summed E-state index contributed by atoms with van der Waals surface area (Å²) in [6.07, 6.45) is -0.511. The summed E-state index contributed by atoms with van der Waals surface area (Å²) in [6, 6.07) is 1.35. The number of rotatable bonds is 6. The predicted octanol–water partition coefficient (Wildman–Crippen LogP) is -0.472. The Morgan fingerprint density at radius 3 is 2.68 bits per heavy atom. The molecular weight excluding hydrogens is 252 g/mol. The van der Waals surface area contributed by atoms with Crippen molar-refractivity contribution in [1.29, 1.82) is 0 Å². The van der Waals surface area contributed by atoms with Crippen molar-refractivity contribution in [2.24, 2.45) is 5.73 Å². The third-order valence-electron chi connectivity index (χ3n) is 2.39. The highest BCUT2D eigenvalue weighted by atomic mass is 16.5. The molecule has 0 aliphatic heterocycles. The Balaban J connectivity index is 2.86. The Bertz CT molecular complexity index is 463. The number of nitrogens with two attached hydrogens (primary N) is 1. The van der Waals surface area contributed by atoms with Crippen LogP contribution in [0.2, 0.25) is 0 Å². The minimum absolute atomic E-state index is 0.157. The standard InChI is InChI=1S/C12H16N2O5/c1-2-19-12(18)8-3-7(5-14-6-8)11(17)9(15)4-10(13)16/h3,5-6,9,11,15,17H,2,4H2,1H3,(H2,13,16). The lowest BCUT2D eigenvalue weighted by Gasteiger charge is -2.16. The lowest BCUT2D eigenvalue weighted by atomic mass is 10.0. The largest absolute Gasteiger partial charge is 0.462 e. The van der Waals surface area contributed by atoms with E-state index in [1.807, 2.05) is 0 Å². The lowest BCUT2D eigenvalue weighted by molar-refractivity contribution is -0.121. The monoisotopic (exact) mass is 268 g/mol. The van der Waals surface area contributed by atoms with Crippen LogP contribution in [0.4, 0.5) is 0 Å². The molecule has 0 saturated heterocycles. The van der Waals surface area contributed by atoms with E-state index < -0.39 is 24.1 Å². The zero-order chi connectivity index (χ0) is 14.4. The van der Waals surface area contributed by atoms with E-state index in [4.69, 9.17) is 10.5 Å². The minimum Gasteiger partial charge on any atom is -0.462 e. The third-order valence-corrected chi connectivity index (χ3v) is 2.39. The van der Waals surface area contributed by atoms with Gasteiger partial charge in [-0.2, -0.15) is 0 Å². The lowest BCUT2D eigenvalue weighted by Crippen LogP contribution is -2.26. The quantitative estimate of drug-likeness (QED) is 0.599. The maximum absolute atomic E-state index is 11.5. The number of esters is 1. The van der Waals surface area contributed by atoms with Crippen molar-refractivity contribution in [2.75, 3.05) is 6.61 Å². The second kappa shape index (κ2) is 6.81. The number of primary amides is 1. The van der Waals surface area contributed by atoms with Crippen LogP contribution in [0.15, 0.2) is 18.5 Å². The van der Waals surface area contributed by atoms with Gasteiger partial charge in [-0.05, 0) is 13.0 Å². The smallest absolute Gasteiger partial charge is 0.339 e. The Morgan fingerprint density at radius 1 is 1.42 bits per heavy atom. The fourth-order valence-corrected chi connectivity index (χ4v) is 1.49. The zero-order valence-corrected chi connectivity index (χ0v) is 10.4. The summed E-state index contributed by atoms with van der Waals surface area (Å²) in [5.74, 6) is -1.31. The number of carbonyl (C=O) groups excluding carboxylic acids is 2. The van der Waals surface area contributed by atoms with Crippen molar-refractivity contribution >= 4 is 11.9 Å². The van der Waals surface area contributed by atoms with Crippen LogP contribution in [-0.2, 0) is 9.53 Å². The van der Waals surface area contributed by atoms with E-state index in [1.54, 1.807) is 6.92 Å². The number of aromatic nitrogens is 1. The fourth-order valence-electron chi connectivity index (χ4n) is 1.49. The summed E-state index contributed by atoms with van der Waals surface area (Å²) in [5.41, 5.74) is 5.29. The number of ether oxygens (including phenoxy) is 1. The molecule has 7 heteroatoms. The number of nitrogens with zero attached hydrogens (tertiary/aromatic N) is 1. The topological polar surface area (TPSA) is 123 Å². The van der Waals surface area contributed by atoms with Gasteiger partial charge in [0, 0.05) is 18.0 Å². The number of amides is 1. The Morgan fingerprint density at radius 2 is 2.11 bits per heavy atom. The Hall–Kier alpha value is -1.99. The van der Waals surface area contributed by atoms with E-state index in [0.717, 1.165) is 0 Å². The van der Waals surface area contributed by atoms with Gasteiger partial charge >= 0.3 is 5.97 Å². The van der Waals surface area contributed by atoms with Crippen LogP contribution < -0.4 is 5.73 Å². The van der Waals surface area contributed by atoms with Gasteiger partial charge < -0.3 is 20.7 Å². The average Bonchev–Trinajstić information content (AvgIpc) is 2.37.